The first-order valence-corrected chi connectivity index (χ1v) is 4.59. The molecule has 0 aromatic carbocycles. The normalized spacial score (nSPS) is 16.6. The van der Waals surface area contributed by atoms with Crippen LogP contribution in [0.3, 0.4) is 0 Å². The third-order valence-electron chi connectivity index (χ3n) is 2.56. The van der Waals surface area contributed by atoms with Gasteiger partial charge in [0.1, 0.15) is 11.5 Å². The maximum Gasteiger partial charge on any atom is 0.138 e. The van der Waals surface area contributed by atoms with Crippen LogP contribution in [0.5, 0.6) is 0 Å². The van der Waals surface area contributed by atoms with Gasteiger partial charge in [-0.05, 0) is 25.0 Å². The fourth-order valence-electron chi connectivity index (χ4n) is 1.69. The van der Waals surface area contributed by atoms with Crippen LogP contribution in [0.25, 0.3) is 5.65 Å². The van der Waals surface area contributed by atoms with Gasteiger partial charge in [-0.1, -0.05) is 6.07 Å². The van der Waals surface area contributed by atoms with Crippen molar-refractivity contribution in [2.45, 2.75) is 18.8 Å². The number of nitrogens with two attached hydrogens (primary N) is 1. The number of hydrogen-bond acceptors (Lipinski definition) is 2. The van der Waals surface area contributed by atoms with Crippen molar-refractivity contribution >= 4 is 11.5 Å². The zero-order chi connectivity index (χ0) is 8.84. The van der Waals surface area contributed by atoms with E-state index in [2.05, 4.69) is 4.98 Å². The van der Waals surface area contributed by atoms with Gasteiger partial charge < -0.3 is 5.73 Å². The summed E-state index contributed by atoms with van der Waals surface area (Å²) in [6, 6.07) is 5.95. The fourth-order valence-corrected chi connectivity index (χ4v) is 1.69. The van der Waals surface area contributed by atoms with E-state index < -0.39 is 0 Å². The van der Waals surface area contributed by atoms with Crippen LogP contribution < -0.4 is 5.73 Å². The lowest BCUT2D eigenvalue weighted by molar-refractivity contribution is 1.06. The first-order chi connectivity index (χ1) is 6.36. The number of anilines is 1. The van der Waals surface area contributed by atoms with Crippen LogP contribution in [0.15, 0.2) is 24.4 Å². The van der Waals surface area contributed by atoms with E-state index >= 15 is 0 Å². The third kappa shape index (κ3) is 0.932. The molecule has 1 saturated carbocycles. The Labute approximate surface area is 76.2 Å². The van der Waals surface area contributed by atoms with Gasteiger partial charge in [-0.2, -0.15) is 0 Å². The molecule has 3 rings (SSSR count). The largest absolute Gasteiger partial charge is 0.383 e. The number of rotatable bonds is 1. The summed E-state index contributed by atoms with van der Waals surface area (Å²) in [6.45, 7) is 0. The molecule has 0 aliphatic heterocycles. The summed E-state index contributed by atoms with van der Waals surface area (Å²) in [5.74, 6) is 1.44. The molecule has 0 unspecified atom stereocenters. The van der Waals surface area contributed by atoms with Gasteiger partial charge in [0.25, 0.3) is 0 Å². The number of nitrogen functional groups attached to an aromatic ring is 1. The van der Waals surface area contributed by atoms with E-state index in [-0.39, 0.29) is 0 Å². The minimum atomic E-state index is 0.625. The van der Waals surface area contributed by atoms with Gasteiger partial charge in [0.2, 0.25) is 0 Å². The van der Waals surface area contributed by atoms with E-state index in [9.17, 15) is 0 Å². The predicted octanol–water partition coefficient (Wildman–Crippen LogP) is 1.79. The molecule has 0 amide bonds. The lowest BCUT2D eigenvalue weighted by Crippen LogP contribution is -1.94. The van der Waals surface area contributed by atoms with Gasteiger partial charge in [0.05, 0.1) is 5.69 Å². The van der Waals surface area contributed by atoms with E-state index in [1.54, 1.807) is 0 Å². The first kappa shape index (κ1) is 6.95. The number of imidazole rings is 1. The molecular formula is C10H11N3. The molecule has 0 bridgehead atoms. The highest BCUT2D eigenvalue weighted by atomic mass is 15.1. The standard InChI is InChI=1S/C10H11N3/c11-10-9(7-4-5-7)12-8-3-1-2-6-13(8)10/h1-3,6-7H,4-5,11H2. The molecule has 3 nitrogen and oxygen atoms in total. The van der Waals surface area contributed by atoms with Crippen LogP contribution in [0.1, 0.15) is 24.5 Å². The number of pyridine rings is 1. The van der Waals surface area contributed by atoms with Gasteiger partial charge in [0, 0.05) is 12.1 Å². The number of nitrogens with zero attached hydrogens (tertiary/aromatic N) is 2. The molecule has 0 spiro atoms. The summed E-state index contributed by atoms with van der Waals surface area (Å²) in [4.78, 5) is 4.51. The van der Waals surface area contributed by atoms with E-state index in [4.69, 9.17) is 5.73 Å². The molecule has 1 fully saturated rings. The van der Waals surface area contributed by atoms with E-state index in [0.717, 1.165) is 17.2 Å². The maximum atomic E-state index is 5.98. The van der Waals surface area contributed by atoms with Crippen molar-refractivity contribution in [1.82, 2.24) is 9.38 Å². The van der Waals surface area contributed by atoms with Crippen molar-refractivity contribution in [3.05, 3.63) is 30.1 Å². The SMILES string of the molecule is Nc1c(C2CC2)nc2ccccn12. The van der Waals surface area contributed by atoms with Gasteiger partial charge in [-0.3, -0.25) is 4.40 Å². The van der Waals surface area contributed by atoms with Gasteiger partial charge in [-0.15, -0.1) is 0 Å². The zero-order valence-corrected chi connectivity index (χ0v) is 7.27. The fraction of sp³-hybridized carbons (Fsp3) is 0.300. The van der Waals surface area contributed by atoms with Crippen molar-refractivity contribution < 1.29 is 0 Å². The van der Waals surface area contributed by atoms with Crippen LogP contribution in [-0.4, -0.2) is 9.38 Å². The predicted molar refractivity (Wildman–Crippen MR) is 51.6 cm³/mol. The van der Waals surface area contributed by atoms with Crippen molar-refractivity contribution in [3.63, 3.8) is 0 Å². The summed E-state index contributed by atoms with van der Waals surface area (Å²) in [7, 11) is 0. The lowest BCUT2D eigenvalue weighted by atomic mass is 10.3. The van der Waals surface area contributed by atoms with E-state index in [1.807, 2.05) is 28.8 Å². The van der Waals surface area contributed by atoms with Crippen LogP contribution in [0.4, 0.5) is 5.82 Å². The number of aromatic nitrogens is 2. The van der Waals surface area contributed by atoms with Gasteiger partial charge >= 0.3 is 0 Å². The Morgan fingerprint density at radius 2 is 2.23 bits per heavy atom. The second-order valence-electron chi connectivity index (χ2n) is 3.59. The maximum absolute atomic E-state index is 5.98. The molecule has 3 heteroatoms. The molecule has 1 aliphatic carbocycles. The molecule has 2 heterocycles. The highest BCUT2D eigenvalue weighted by Crippen LogP contribution is 2.42. The minimum absolute atomic E-state index is 0.625. The highest BCUT2D eigenvalue weighted by Gasteiger charge is 2.28. The molecule has 2 aromatic rings. The molecule has 66 valence electrons. The number of hydrogen-bond donors (Lipinski definition) is 1. The average Bonchev–Trinajstić information content (AvgIpc) is 2.94. The summed E-state index contributed by atoms with van der Waals surface area (Å²) in [6.07, 6.45) is 4.45. The van der Waals surface area contributed by atoms with E-state index in [1.165, 1.54) is 12.8 Å². The van der Waals surface area contributed by atoms with Crippen molar-refractivity contribution in [2.24, 2.45) is 0 Å². The topological polar surface area (TPSA) is 43.3 Å². The second kappa shape index (κ2) is 2.25. The van der Waals surface area contributed by atoms with Crippen LogP contribution in [-0.2, 0) is 0 Å². The Kier molecular flexibility index (Phi) is 1.20. The van der Waals surface area contributed by atoms with Gasteiger partial charge in [0.15, 0.2) is 0 Å². The molecule has 2 N–H and O–H groups in total. The molecule has 13 heavy (non-hydrogen) atoms. The van der Waals surface area contributed by atoms with Crippen LogP contribution >= 0.6 is 0 Å². The summed E-state index contributed by atoms with van der Waals surface area (Å²) in [5.41, 5.74) is 8.03. The molecule has 0 atom stereocenters. The van der Waals surface area contributed by atoms with Crippen LogP contribution in [0.2, 0.25) is 0 Å². The average molecular weight is 173 g/mol. The van der Waals surface area contributed by atoms with Crippen molar-refractivity contribution in [1.29, 1.82) is 0 Å². The van der Waals surface area contributed by atoms with Crippen LogP contribution in [0, 0.1) is 0 Å². The number of fused-ring (bicyclic) bond motifs is 1. The Bertz CT molecular complexity index is 454. The van der Waals surface area contributed by atoms with E-state index in [0.29, 0.717) is 5.92 Å². The third-order valence-corrected chi connectivity index (χ3v) is 2.56. The Hall–Kier alpha value is -1.51. The second-order valence-corrected chi connectivity index (χ2v) is 3.59. The Balaban J connectivity index is 2.30. The Morgan fingerprint density at radius 1 is 1.38 bits per heavy atom. The molecular weight excluding hydrogens is 162 g/mol. The summed E-state index contributed by atoms with van der Waals surface area (Å²) in [5, 5.41) is 0. The quantitative estimate of drug-likeness (QED) is 0.714. The zero-order valence-electron chi connectivity index (χ0n) is 7.27. The van der Waals surface area contributed by atoms with Crippen molar-refractivity contribution in [2.75, 3.05) is 5.73 Å². The molecule has 1 aliphatic rings. The van der Waals surface area contributed by atoms with Crippen molar-refractivity contribution in [3.8, 4) is 0 Å². The smallest absolute Gasteiger partial charge is 0.138 e. The molecule has 2 aromatic heterocycles. The molecule has 0 saturated heterocycles. The summed E-state index contributed by atoms with van der Waals surface area (Å²) >= 11 is 0. The summed E-state index contributed by atoms with van der Waals surface area (Å²) < 4.78 is 1.95. The van der Waals surface area contributed by atoms with Gasteiger partial charge in [-0.25, -0.2) is 4.98 Å². The Morgan fingerprint density at radius 3 is 2.92 bits per heavy atom. The minimum Gasteiger partial charge on any atom is -0.383 e. The monoisotopic (exact) mass is 173 g/mol. The molecule has 0 radical (unpaired) electrons. The highest BCUT2D eigenvalue weighted by molar-refractivity contribution is 5.54. The lowest BCUT2D eigenvalue weighted by Gasteiger charge is -1.94. The first-order valence-electron chi connectivity index (χ1n) is 4.59.